The zero-order valence-corrected chi connectivity index (χ0v) is 22.6. The molecule has 0 saturated carbocycles. The molecule has 0 bridgehead atoms. The Balaban J connectivity index is 1.91. The number of amides is 1. The maximum atomic E-state index is 13.1. The third kappa shape index (κ3) is 6.18. The summed E-state index contributed by atoms with van der Waals surface area (Å²) in [7, 11) is 3.23. The minimum absolute atomic E-state index is 0.100. The van der Waals surface area contributed by atoms with E-state index in [0.29, 0.717) is 23.2 Å². The molecule has 0 unspecified atom stereocenters. The van der Waals surface area contributed by atoms with Crippen LogP contribution in [0.15, 0.2) is 46.3 Å². The van der Waals surface area contributed by atoms with Crippen molar-refractivity contribution in [2.45, 2.75) is 0 Å². The van der Waals surface area contributed by atoms with Crippen LogP contribution < -0.4 is 9.47 Å². The third-order valence-corrected chi connectivity index (χ3v) is 6.93. The quantitative estimate of drug-likeness (QED) is 0.220. The Hall–Kier alpha value is -1.75. The summed E-state index contributed by atoms with van der Waals surface area (Å²) >= 11 is 5.76. The van der Waals surface area contributed by atoms with Crippen LogP contribution in [-0.4, -0.2) is 50.0 Å². The molecule has 0 radical (unpaired) electrons. The van der Waals surface area contributed by atoms with Crippen LogP contribution in [0.4, 0.5) is 5.69 Å². The molecular weight excluding hydrogens is 654 g/mol. The Labute approximate surface area is 219 Å². The van der Waals surface area contributed by atoms with E-state index in [-0.39, 0.29) is 12.5 Å². The lowest BCUT2D eigenvalue weighted by Crippen LogP contribution is -2.32. The minimum atomic E-state index is -0.100. The number of ether oxygens (including phenoxy) is 3. The number of carbonyl (C=O) groups excluding carboxylic acids is 1. The summed E-state index contributed by atoms with van der Waals surface area (Å²) in [5, 5.41) is 0.613. The van der Waals surface area contributed by atoms with Gasteiger partial charge in [-0.1, -0.05) is 5.92 Å². The summed E-state index contributed by atoms with van der Waals surface area (Å²) in [5.41, 5.74) is 1.64. The topological polar surface area (TPSA) is 60.4 Å². The molecule has 0 N–H and O–H groups in total. The summed E-state index contributed by atoms with van der Waals surface area (Å²) in [5.74, 6) is 3.88. The van der Waals surface area contributed by atoms with E-state index in [2.05, 4.69) is 56.1 Å². The third-order valence-electron chi connectivity index (χ3n) is 4.32. The van der Waals surface area contributed by atoms with Crippen LogP contribution in [0.5, 0.6) is 11.5 Å². The zero-order chi connectivity index (χ0) is 23.1. The highest BCUT2D eigenvalue weighted by molar-refractivity contribution is 14.1. The Morgan fingerprint density at radius 3 is 2.47 bits per heavy atom. The van der Waals surface area contributed by atoms with Gasteiger partial charge in [-0.25, -0.2) is 4.99 Å². The molecule has 2 aromatic rings. The second-order valence-corrected chi connectivity index (χ2v) is 9.79. The van der Waals surface area contributed by atoms with Gasteiger partial charge in [0.1, 0.15) is 18.1 Å². The summed E-state index contributed by atoms with van der Waals surface area (Å²) < 4.78 is 17.9. The van der Waals surface area contributed by atoms with E-state index in [4.69, 9.17) is 20.6 Å². The number of terminal acetylenes is 1. The largest absolute Gasteiger partial charge is 0.497 e. The van der Waals surface area contributed by atoms with E-state index in [0.717, 1.165) is 29.9 Å². The fraction of sp³-hybridized carbons (Fsp3) is 0.217. The lowest BCUT2D eigenvalue weighted by molar-refractivity contribution is -0.122. The molecule has 166 valence electrons. The normalized spacial score (nSPS) is 16.0. The van der Waals surface area contributed by atoms with Gasteiger partial charge in [-0.15, -0.1) is 6.42 Å². The van der Waals surface area contributed by atoms with Crippen molar-refractivity contribution >= 4 is 79.8 Å². The van der Waals surface area contributed by atoms with Crippen molar-refractivity contribution in [3.8, 4) is 23.8 Å². The molecule has 1 amide bonds. The van der Waals surface area contributed by atoms with Gasteiger partial charge in [0.2, 0.25) is 0 Å². The number of amidine groups is 1. The van der Waals surface area contributed by atoms with Crippen molar-refractivity contribution in [1.29, 1.82) is 0 Å². The highest BCUT2D eigenvalue weighted by Gasteiger charge is 2.33. The van der Waals surface area contributed by atoms with Gasteiger partial charge in [-0.3, -0.25) is 9.69 Å². The molecule has 1 aliphatic heterocycles. The van der Waals surface area contributed by atoms with Crippen molar-refractivity contribution in [3.05, 3.63) is 54.0 Å². The first kappa shape index (κ1) is 24.9. The molecule has 32 heavy (non-hydrogen) atoms. The second-order valence-electron chi connectivity index (χ2n) is 6.46. The number of halogens is 2. The molecule has 1 heterocycles. The zero-order valence-electron chi connectivity index (χ0n) is 17.4. The van der Waals surface area contributed by atoms with Crippen LogP contribution >= 0.6 is 56.9 Å². The van der Waals surface area contributed by atoms with E-state index < -0.39 is 0 Å². The number of hydrogen-bond donors (Lipinski definition) is 0. The molecule has 1 fully saturated rings. The van der Waals surface area contributed by atoms with Crippen LogP contribution in [0.3, 0.4) is 0 Å². The highest BCUT2D eigenvalue weighted by atomic mass is 127. The molecule has 3 rings (SSSR count). The molecule has 0 aliphatic carbocycles. The van der Waals surface area contributed by atoms with E-state index >= 15 is 0 Å². The number of methoxy groups -OCH3 is 2. The number of thioether (sulfide) groups is 1. The Bertz CT molecular complexity index is 1070. The molecule has 1 aliphatic rings. The van der Waals surface area contributed by atoms with Gasteiger partial charge >= 0.3 is 0 Å². The van der Waals surface area contributed by atoms with Crippen LogP contribution in [0.1, 0.15) is 5.56 Å². The maximum absolute atomic E-state index is 13.1. The molecule has 0 spiro atoms. The highest BCUT2D eigenvalue weighted by Crippen LogP contribution is 2.36. The molecule has 0 atom stereocenters. The van der Waals surface area contributed by atoms with E-state index in [1.807, 2.05) is 42.5 Å². The number of carbonyl (C=O) groups is 1. The smallest absolute Gasteiger partial charge is 0.266 e. The number of nitrogens with zero attached hydrogens (tertiary/aromatic N) is 2. The molecule has 9 heteroatoms. The Kier molecular flexibility index (Phi) is 9.27. The predicted molar refractivity (Wildman–Crippen MR) is 145 cm³/mol. The average Bonchev–Trinajstić information content (AvgIpc) is 3.06. The summed E-state index contributed by atoms with van der Waals surface area (Å²) in [6.45, 7) is 1.04. The predicted octanol–water partition coefficient (Wildman–Crippen LogP) is 5.17. The fourth-order valence-corrected chi connectivity index (χ4v) is 5.96. The second kappa shape index (κ2) is 11.9. The van der Waals surface area contributed by atoms with Crippen LogP contribution in [-0.2, 0) is 9.53 Å². The van der Waals surface area contributed by atoms with Crippen molar-refractivity contribution in [1.82, 2.24) is 4.90 Å². The van der Waals surface area contributed by atoms with Crippen molar-refractivity contribution in [2.75, 3.05) is 34.0 Å². The number of hydrogen-bond acceptors (Lipinski definition) is 6. The molecule has 6 nitrogen and oxygen atoms in total. The summed E-state index contributed by atoms with van der Waals surface area (Å²) in [6.07, 6.45) is 7.17. The van der Waals surface area contributed by atoms with Gasteiger partial charge in [0, 0.05) is 7.11 Å². The van der Waals surface area contributed by atoms with Crippen molar-refractivity contribution in [2.24, 2.45) is 4.99 Å². The van der Waals surface area contributed by atoms with Crippen LogP contribution in [0.2, 0.25) is 0 Å². The van der Waals surface area contributed by atoms with Crippen LogP contribution in [0.25, 0.3) is 6.08 Å². The Morgan fingerprint density at radius 2 is 1.88 bits per heavy atom. The van der Waals surface area contributed by atoms with Crippen molar-refractivity contribution < 1.29 is 19.0 Å². The number of rotatable bonds is 8. The molecular formula is C23H20I2N2O4S. The first-order valence-electron chi connectivity index (χ1n) is 9.45. The summed E-state index contributed by atoms with van der Waals surface area (Å²) in [6, 6.07) is 11.3. The van der Waals surface area contributed by atoms with Gasteiger partial charge in [0.15, 0.2) is 5.17 Å². The molecule has 0 aromatic heterocycles. The first-order valence-corrected chi connectivity index (χ1v) is 12.4. The van der Waals surface area contributed by atoms with E-state index in [9.17, 15) is 4.79 Å². The monoisotopic (exact) mass is 674 g/mol. The summed E-state index contributed by atoms with van der Waals surface area (Å²) in [4.78, 5) is 20.0. The van der Waals surface area contributed by atoms with Crippen molar-refractivity contribution in [3.63, 3.8) is 0 Å². The lowest BCUT2D eigenvalue weighted by Gasteiger charge is -2.14. The number of benzene rings is 2. The standard InChI is InChI=1S/C23H20I2N2O4S/c1-4-10-31-21-18(24)12-15(13-19(21)25)14-20-22(28)27(9-11-29-2)23(32-20)26-16-5-7-17(30-3)8-6-16/h1,5-8,12-14H,9-11H2,2-3H3/b20-14-,26-23?. The van der Waals surface area contributed by atoms with Crippen LogP contribution in [0, 0.1) is 19.5 Å². The lowest BCUT2D eigenvalue weighted by atomic mass is 10.2. The van der Waals surface area contributed by atoms with Gasteiger partial charge < -0.3 is 14.2 Å². The van der Waals surface area contributed by atoms with Gasteiger partial charge in [0.25, 0.3) is 5.91 Å². The molecule has 2 aromatic carbocycles. The Morgan fingerprint density at radius 1 is 1.19 bits per heavy atom. The average molecular weight is 674 g/mol. The fourth-order valence-electron chi connectivity index (χ4n) is 2.80. The number of aliphatic imine (C=N–C) groups is 1. The van der Waals surface area contributed by atoms with E-state index in [1.54, 1.807) is 19.1 Å². The minimum Gasteiger partial charge on any atom is -0.497 e. The molecule has 1 saturated heterocycles. The SMILES string of the molecule is C#CCOc1c(I)cc(/C=C2\SC(=Nc3ccc(OC)cc3)N(CCOC)C2=O)cc1I. The van der Waals surface area contributed by atoms with Gasteiger partial charge in [-0.2, -0.15) is 0 Å². The first-order chi connectivity index (χ1) is 15.5. The maximum Gasteiger partial charge on any atom is 0.266 e. The van der Waals surface area contributed by atoms with E-state index in [1.165, 1.54) is 11.8 Å². The van der Waals surface area contributed by atoms with Gasteiger partial charge in [0.05, 0.1) is 38.0 Å². The van der Waals surface area contributed by atoms with Gasteiger partial charge in [-0.05, 0) is 105 Å².